The molecule has 0 heterocycles. The van der Waals surface area contributed by atoms with Crippen molar-refractivity contribution >= 4 is 11.6 Å². The molecule has 0 fully saturated rings. The van der Waals surface area contributed by atoms with Crippen LogP contribution in [0.15, 0.2) is 42.5 Å². The van der Waals surface area contributed by atoms with Crippen LogP contribution in [0, 0.1) is 5.82 Å². The first-order valence-corrected chi connectivity index (χ1v) is 5.83. The van der Waals surface area contributed by atoms with E-state index < -0.39 is 0 Å². The maximum Gasteiger partial charge on any atom is 0.129 e. The molecule has 0 saturated heterocycles. The molecule has 0 aromatic heterocycles. The first kappa shape index (κ1) is 12.9. The molecule has 2 nitrogen and oxygen atoms in total. The van der Waals surface area contributed by atoms with Crippen molar-refractivity contribution in [3.8, 4) is 5.75 Å². The quantitative estimate of drug-likeness (QED) is 0.917. The van der Waals surface area contributed by atoms with Gasteiger partial charge in [-0.2, -0.15) is 0 Å². The summed E-state index contributed by atoms with van der Waals surface area (Å²) in [6.45, 7) is 0.0456. The highest BCUT2D eigenvalue weighted by Gasteiger charge is 2.04. The van der Waals surface area contributed by atoms with E-state index in [9.17, 15) is 4.39 Å². The molecule has 0 saturated carbocycles. The van der Waals surface area contributed by atoms with Gasteiger partial charge in [-0.3, -0.25) is 0 Å². The van der Waals surface area contributed by atoms with E-state index in [1.807, 2.05) is 0 Å². The van der Waals surface area contributed by atoms with Crippen molar-refractivity contribution in [3.63, 3.8) is 0 Å². The summed E-state index contributed by atoms with van der Waals surface area (Å²) in [7, 11) is 0. The first-order valence-electron chi connectivity index (χ1n) is 5.45. The summed E-state index contributed by atoms with van der Waals surface area (Å²) in [6.07, 6.45) is 0. The highest BCUT2D eigenvalue weighted by molar-refractivity contribution is 6.30. The third-order valence-corrected chi connectivity index (χ3v) is 2.72. The molecule has 1 N–H and O–H groups in total. The predicted octanol–water partition coefficient (Wildman–Crippen LogP) is 3.55. The van der Waals surface area contributed by atoms with Gasteiger partial charge in [-0.25, -0.2) is 4.39 Å². The van der Waals surface area contributed by atoms with Crippen LogP contribution < -0.4 is 4.74 Å². The molecular weight excluding hydrogens is 255 g/mol. The Bertz CT molecular complexity index is 543. The summed E-state index contributed by atoms with van der Waals surface area (Å²) in [5, 5.41) is 9.47. The average Bonchev–Trinajstić information content (AvgIpc) is 2.40. The van der Waals surface area contributed by atoms with E-state index >= 15 is 0 Å². The summed E-state index contributed by atoms with van der Waals surface area (Å²) in [6, 6.07) is 11.4. The molecule has 0 amide bonds. The number of rotatable bonds is 4. The SMILES string of the molecule is OCc1cccc(OCc2cc(Cl)ccc2F)c1. The maximum absolute atomic E-state index is 13.4. The third kappa shape index (κ3) is 3.22. The Hall–Kier alpha value is -1.58. The number of hydrogen-bond donors (Lipinski definition) is 1. The molecule has 0 radical (unpaired) electrons. The molecule has 94 valence electrons. The van der Waals surface area contributed by atoms with Crippen molar-refractivity contribution < 1.29 is 14.2 Å². The lowest BCUT2D eigenvalue weighted by Crippen LogP contribution is -1.99. The summed E-state index contributed by atoms with van der Waals surface area (Å²) < 4.78 is 18.9. The Balaban J connectivity index is 2.08. The first-order chi connectivity index (χ1) is 8.69. The topological polar surface area (TPSA) is 29.5 Å². The van der Waals surface area contributed by atoms with Gasteiger partial charge in [-0.05, 0) is 35.9 Å². The highest BCUT2D eigenvalue weighted by atomic mass is 35.5. The summed E-state index contributed by atoms with van der Waals surface area (Å²) in [4.78, 5) is 0. The van der Waals surface area contributed by atoms with Gasteiger partial charge < -0.3 is 9.84 Å². The lowest BCUT2D eigenvalue weighted by Gasteiger charge is -2.08. The van der Waals surface area contributed by atoms with E-state index in [0.29, 0.717) is 16.3 Å². The Morgan fingerprint density at radius 2 is 2.00 bits per heavy atom. The molecule has 4 heteroatoms. The second-order valence-electron chi connectivity index (χ2n) is 3.83. The van der Waals surface area contributed by atoms with Crippen LogP contribution in [-0.2, 0) is 13.2 Å². The summed E-state index contributed by atoms with van der Waals surface area (Å²) in [5.41, 5.74) is 1.15. The number of hydrogen-bond acceptors (Lipinski definition) is 2. The predicted molar refractivity (Wildman–Crippen MR) is 68.1 cm³/mol. The fourth-order valence-corrected chi connectivity index (χ4v) is 1.74. The van der Waals surface area contributed by atoms with Crippen LogP contribution in [0.3, 0.4) is 0 Å². The van der Waals surface area contributed by atoms with E-state index in [2.05, 4.69) is 0 Å². The van der Waals surface area contributed by atoms with Crippen molar-refractivity contribution in [2.75, 3.05) is 0 Å². The van der Waals surface area contributed by atoms with Crippen molar-refractivity contribution in [1.82, 2.24) is 0 Å². The minimum absolute atomic E-state index is 0.0529. The molecule has 0 aliphatic heterocycles. The molecule has 0 spiro atoms. The monoisotopic (exact) mass is 266 g/mol. The maximum atomic E-state index is 13.4. The second-order valence-corrected chi connectivity index (χ2v) is 4.27. The van der Waals surface area contributed by atoms with Crippen LogP contribution in [0.5, 0.6) is 5.75 Å². The van der Waals surface area contributed by atoms with E-state index in [4.69, 9.17) is 21.4 Å². The van der Waals surface area contributed by atoms with Gasteiger partial charge in [0.1, 0.15) is 18.2 Å². The van der Waals surface area contributed by atoms with Gasteiger partial charge in [0.15, 0.2) is 0 Å². The molecule has 0 aliphatic rings. The lowest BCUT2D eigenvalue weighted by atomic mass is 10.2. The van der Waals surface area contributed by atoms with E-state index in [-0.39, 0.29) is 19.0 Å². The van der Waals surface area contributed by atoms with Crippen molar-refractivity contribution in [2.45, 2.75) is 13.2 Å². The van der Waals surface area contributed by atoms with Crippen LogP contribution in [-0.4, -0.2) is 5.11 Å². The van der Waals surface area contributed by atoms with Crippen LogP contribution in [0.2, 0.25) is 5.02 Å². The smallest absolute Gasteiger partial charge is 0.129 e. The zero-order chi connectivity index (χ0) is 13.0. The average molecular weight is 267 g/mol. The van der Waals surface area contributed by atoms with Gasteiger partial charge in [-0.15, -0.1) is 0 Å². The lowest BCUT2D eigenvalue weighted by molar-refractivity contribution is 0.277. The number of halogens is 2. The van der Waals surface area contributed by atoms with Gasteiger partial charge in [0.05, 0.1) is 6.61 Å². The van der Waals surface area contributed by atoms with E-state index in [0.717, 1.165) is 5.56 Å². The largest absolute Gasteiger partial charge is 0.489 e. The molecule has 2 aromatic carbocycles. The van der Waals surface area contributed by atoms with Gasteiger partial charge in [0, 0.05) is 10.6 Å². The van der Waals surface area contributed by atoms with Crippen LogP contribution >= 0.6 is 11.6 Å². The van der Waals surface area contributed by atoms with Gasteiger partial charge >= 0.3 is 0 Å². The van der Waals surface area contributed by atoms with Gasteiger partial charge in [0.25, 0.3) is 0 Å². The number of ether oxygens (including phenoxy) is 1. The molecule has 0 atom stereocenters. The zero-order valence-electron chi connectivity index (χ0n) is 9.57. The molecule has 0 aliphatic carbocycles. The molecule has 2 aromatic rings. The minimum Gasteiger partial charge on any atom is -0.489 e. The Labute approximate surface area is 110 Å². The van der Waals surface area contributed by atoms with Crippen molar-refractivity contribution in [1.29, 1.82) is 0 Å². The Morgan fingerprint density at radius 1 is 1.17 bits per heavy atom. The van der Waals surface area contributed by atoms with Gasteiger partial charge in [0.2, 0.25) is 0 Å². The van der Waals surface area contributed by atoms with Crippen molar-refractivity contribution in [3.05, 3.63) is 64.4 Å². The second kappa shape index (κ2) is 5.85. The number of benzene rings is 2. The molecule has 0 bridgehead atoms. The summed E-state index contributed by atoms with van der Waals surface area (Å²) >= 11 is 5.79. The van der Waals surface area contributed by atoms with Crippen LogP contribution in [0.1, 0.15) is 11.1 Å². The van der Waals surface area contributed by atoms with Crippen LogP contribution in [0.25, 0.3) is 0 Å². The molecular formula is C14H12ClFO2. The summed E-state index contributed by atoms with van der Waals surface area (Å²) in [5.74, 6) is 0.235. The third-order valence-electron chi connectivity index (χ3n) is 2.48. The fraction of sp³-hybridized carbons (Fsp3) is 0.143. The molecule has 0 unspecified atom stereocenters. The fourth-order valence-electron chi connectivity index (χ4n) is 1.55. The van der Waals surface area contributed by atoms with Gasteiger partial charge in [-0.1, -0.05) is 23.7 Å². The standard InChI is InChI=1S/C14H12ClFO2/c15-12-4-5-14(16)11(7-12)9-18-13-3-1-2-10(6-13)8-17/h1-7,17H,8-9H2. The van der Waals surface area contributed by atoms with Crippen LogP contribution in [0.4, 0.5) is 4.39 Å². The Morgan fingerprint density at radius 3 is 2.78 bits per heavy atom. The van der Waals surface area contributed by atoms with E-state index in [1.165, 1.54) is 18.2 Å². The zero-order valence-corrected chi connectivity index (χ0v) is 10.3. The molecule has 18 heavy (non-hydrogen) atoms. The number of aliphatic hydroxyl groups is 1. The minimum atomic E-state index is -0.349. The van der Waals surface area contributed by atoms with E-state index in [1.54, 1.807) is 24.3 Å². The normalized spacial score (nSPS) is 10.4. The number of aliphatic hydroxyl groups excluding tert-OH is 1. The highest BCUT2D eigenvalue weighted by Crippen LogP contribution is 2.19. The van der Waals surface area contributed by atoms with Crippen molar-refractivity contribution in [2.24, 2.45) is 0 Å². The Kier molecular flexibility index (Phi) is 4.18. The molecule has 2 rings (SSSR count).